The van der Waals surface area contributed by atoms with Crippen molar-refractivity contribution in [3.05, 3.63) is 58.9 Å². The number of rotatable bonds is 4. The number of halogens is 1. The molecule has 1 atom stereocenters. The molecule has 1 N–H and O–H groups in total. The maximum Gasteiger partial charge on any atom is 0.241 e. The molecule has 0 aliphatic heterocycles. The quantitative estimate of drug-likeness (QED) is 0.938. The third-order valence-corrected chi connectivity index (χ3v) is 4.69. The van der Waals surface area contributed by atoms with Gasteiger partial charge in [-0.3, -0.25) is 4.98 Å². The van der Waals surface area contributed by atoms with Gasteiger partial charge in [-0.15, -0.1) is 0 Å². The lowest BCUT2D eigenvalue weighted by molar-refractivity contribution is 0.564. The molecule has 0 spiro atoms. The van der Waals surface area contributed by atoms with Crippen molar-refractivity contribution >= 4 is 21.6 Å². The first-order chi connectivity index (χ1) is 9.94. The lowest BCUT2D eigenvalue weighted by atomic mass is 10.2. The molecule has 1 heterocycles. The van der Waals surface area contributed by atoms with Crippen LogP contribution in [0.5, 0.6) is 0 Å². The summed E-state index contributed by atoms with van der Waals surface area (Å²) in [4.78, 5) is 4.11. The summed E-state index contributed by atoms with van der Waals surface area (Å²) in [7, 11) is -3.74. The Morgan fingerprint density at radius 3 is 2.67 bits per heavy atom. The number of nitriles is 1. The molecule has 0 saturated heterocycles. The summed E-state index contributed by atoms with van der Waals surface area (Å²) >= 11 is 5.86. The molecule has 108 valence electrons. The first-order valence-electron chi connectivity index (χ1n) is 6.07. The van der Waals surface area contributed by atoms with E-state index in [4.69, 9.17) is 16.9 Å². The fourth-order valence-corrected chi connectivity index (χ4v) is 3.28. The Labute approximate surface area is 128 Å². The highest BCUT2D eigenvalue weighted by Crippen LogP contribution is 2.21. The molecular formula is C14H12ClN3O2S. The van der Waals surface area contributed by atoms with E-state index in [1.165, 1.54) is 18.2 Å². The van der Waals surface area contributed by atoms with Gasteiger partial charge in [0.1, 0.15) is 6.07 Å². The second kappa shape index (κ2) is 6.22. The zero-order chi connectivity index (χ0) is 15.5. The highest BCUT2D eigenvalue weighted by atomic mass is 35.5. The molecule has 1 aromatic heterocycles. The van der Waals surface area contributed by atoms with Crippen LogP contribution in [0.1, 0.15) is 24.2 Å². The molecule has 0 aliphatic carbocycles. The summed E-state index contributed by atoms with van der Waals surface area (Å²) in [6.45, 7) is 1.70. The number of hydrogen-bond acceptors (Lipinski definition) is 4. The third-order valence-electron chi connectivity index (χ3n) is 2.83. The van der Waals surface area contributed by atoms with Crippen LogP contribution in [0.2, 0.25) is 5.02 Å². The summed E-state index contributed by atoms with van der Waals surface area (Å²) in [6, 6.07) is 10.7. The summed E-state index contributed by atoms with van der Waals surface area (Å²) in [5, 5.41) is 8.90. The van der Waals surface area contributed by atoms with E-state index in [0.29, 0.717) is 5.69 Å². The van der Waals surface area contributed by atoms with Crippen LogP contribution in [0.3, 0.4) is 0 Å². The van der Waals surface area contributed by atoms with Gasteiger partial charge < -0.3 is 0 Å². The van der Waals surface area contributed by atoms with Crippen LogP contribution >= 0.6 is 11.6 Å². The van der Waals surface area contributed by atoms with Gasteiger partial charge in [0.05, 0.1) is 27.2 Å². The van der Waals surface area contributed by atoms with Gasteiger partial charge in [0.25, 0.3) is 0 Å². The van der Waals surface area contributed by atoms with E-state index in [-0.39, 0.29) is 15.5 Å². The Morgan fingerprint density at radius 2 is 2.10 bits per heavy atom. The lowest BCUT2D eigenvalue weighted by Crippen LogP contribution is -2.27. The molecule has 21 heavy (non-hydrogen) atoms. The highest BCUT2D eigenvalue weighted by Gasteiger charge is 2.20. The van der Waals surface area contributed by atoms with E-state index >= 15 is 0 Å². The van der Waals surface area contributed by atoms with Crippen LogP contribution in [0.15, 0.2) is 47.5 Å². The number of pyridine rings is 1. The van der Waals surface area contributed by atoms with Gasteiger partial charge in [0.15, 0.2) is 0 Å². The van der Waals surface area contributed by atoms with Gasteiger partial charge in [-0.2, -0.15) is 5.26 Å². The predicted molar refractivity (Wildman–Crippen MR) is 79.1 cm³/mol. The van der Waals surface area contributed by atoms with Crippen LogP contribution in [-0.2, 0) is 10.0 Å². The maximum absolute atomic E-state index is 12.3. The zero-order valence-electron chi connectivity index (χ0n) is 11.1. The van der Waals surface area contributed by atoms with E-state index in [0.717, 1.165) is 0 Å². The summed E-state index contributed by atoms with van der Waals surface area (Å²) in [5.74, 6) is 0. The molecule has 5 nitrogen and oxygen atoms in total. The van der Waals surface area contributed by atoms with Crippen molar-refractivity contribution in [2.75, 3.05) is 0 Å². The predicted octanol–water partition coefficient (Wildman–Crippen LogP) is 2.65. The van der Waals surface area contributed by atoms with Crippen molar-refractivity contribution < 1.29 is 8.42 Å². The first kappa shape index (κ1) is 15.4. The zero-order valence-corrected chi connectivity index (χ0v) is 12.7. The van der Waals surface area contributed by atoms with Crippen molar-refractivity contribution in [2.45, 2.75) is 17.9 Å². The fourth-order valence-electron chi connectivity index (χ4n) is 1.75. The van der Waals surface area contributed by atoms with E-state index in [2.05, 4.69) is 9.71 Å². The van der Waals surface area contributed by atoms with E-state index in [1.807, 2.05) is 6.07 Å². The molecule has 0 radical (unpaired) electrons. The number of benzene rings is 1. The van der Waals surface area contributed by atoms with Crippen molar-refractivity contribution in [1.82, 2.24) is 9.71 Å². The number of aromatic nitrogens is 1. The maximum atomic E-state index is 12.3. The van der Waals surface area contributed by atoms with Crippen molar-refractivity contribution in [2.24, 2.45) is 0 Å². The van der Waals surface area contributed by atoms with E-state index in [9.17, 15) is 8.42 Å². The first-order valence-corrected chi connectivity index (χ1v) is 7.93. The van der Waals surface area contributed by atoms with Gasteiger partial charge in [-0.05, 0) is 37.3 Å². The van der Waals surface area contributed by atoms with E-state index < -0.39 is 16.1 Å². The minimum atomic E-state index is -3.74. The monoisotopic (exact) mass is 321 g/mol. The molecule has 0 saturated carbocycles. The van der Waals surface area contributed by atoms with Crippen LogP contribution in [0.25, 0.3) is 0 Å². The van der Waals surface area contributed by atoms with Crippen LogP contribution in [0, 0.1) is 11.3 Å². The summed E-state index contributed by atoms with van der Waals surface area (Å²) in [6.07, 6.45) is 1.60. The van der Waals surface area contributed by atoms with Crippen LogP contribution in [-0.4, -0.2) is 13.4 Å². The highest BCUT2D eigenvalue weighted by molar-refractivity contribution is 7.89. The smallest absolute Gasteiger partial charge is 0.241 e. The second-order valence-corrected chi connectivity index (χ2v) is 6.47. The minimum absolute atomic E-state index is 0.00859. The number of nitrogens with zero attached hydrogens (tertiary/aromatic N) is 2. The van der Waals surface area contributed by atoms with Gasteiger partial charge in [-0.25, -0.2) is 13.1 Å². The molecule has 7 heteroatoms. The summed E-state index contributed by atoms with van der Waals surface area (Å²) < 4.78 is 27.1. The molecule has 0 bridgehead atoms. The number of nitrogens with one attached hydrogen (secondary N) is 1. The Morgan fingerprint density at radius 1 is 1.33 bits per heavy atom. The Bertz CT molecular complexity index is 786. The molecular weight excluding hydrogens is 310 g/mol. The van der Waals surface area contributed by atoms with Crippen molar-refractivity contribution in [3.63, 3.8) is 0 Å². The van der Waals surface area contributed by atoms with Crippen LogP contribution < -0.4 is 4.72 Å². The van der Waals surface area contributed by atoms with Gasteiger partial charge in [-0.1, -0.05) is 17.7 Å². The fraction of sp³-hybridized carbons (Fsp3) is 0.143. The molecule has 1 unspecified atom stereocenters. The number of hydrogen-bond donors (Lipinski definition) is 1. The van der Waals surface area contributed by atoms with Crippen molar-refractivity contribution in [1.29, 1.82) is 5.26 Å². The molecule has 1 aromatic carbocycles. The normalized spacial score (nSPS) is 12.6. The Kier molecular flexibility index (Phi) is 4.58. The van der Waals surface area contributed by atoms with E-state index in [1.54, 1.807) is 31.3 Å². The largest absolute Gasteiger partial charge is 0.260 e. The van der Waals surface area contributed by atoms with Crippen LogP contribution in [0.4, 0.5) is 0 Å². The lowest BCUT2D eigenvalue weighted by Gasteiger charge is -2.14. The van der Waals surface area contributed by atoms with Gasteiger partial charge >= 0.3 is 0 Å². The third kappa shape index (κ3) is 3.58. The molecule has 2 rings (SSSR count). The topological polar surface area (TPSA) is 82.9 Å². The van der Waals surface area contributed by atoms with Gasteiger partial charge in [0.2, 0.25) is 10.0 Å². The molecule has 0 amide bonds. The average molecular weight is 322 g/mol. The second-order valence-electron chi connectivity index (χ2n) is 4.35. The molecule has 0 aliphatic rings. The van der Waals surface area contributed by atoms with Gasteiger partial charge in [0, 0.05) is 6.20 Å². The Hall–Kier alpha value is -1.94. The SMILES string of the molecule is CC(NS(=O)(=O)c1ccc(C#N)c(Cl)c1)c1ccccn1. The minimum Gasteiger partial charge on any atom is -0.260 e. The standard InChI is InChI=1S/C14H12ClN3O2S/c1-10(14-4-2-3-7-17-14)18-21(19,20)12-6-5-11(9-16)13(15)8-12/h2-8,10,18H,1H3. The molecule has 0 fully saturated rings. The summed E-state index contributed by atoms with van der Waals surface area (Å²) in [5.41, 5.74) is 0.842. The molecule has 2 aromatic rings. The average Bonchev–Trinajstić information content (AvgIpc) is 2.47. The Balaban J connectivity index is 2.27. The number of sulfonamides is 1. The van der Waals surface area contributed by atoms with Crippen molar-refractivity contribution in [3.8, 4) is 6.07 Å².